The largest absolute Gasteiger partial charge is 0.460 e. The minimum Gasteiger partial charge on any atom is -0.460 e. The molecular formula is C27H37N3O9. The number of hydroxylamine groups is 2. The van der Waals surface area contributed by atoms with E-state index >= 15 is 0 Å². The molecule has 1 aliphatic heterocycles. The molecule has 12 heteroatoms. The summed E-state index contributed by atoms with van der Waals surface area (Å²) < 4.78 is 10.5. The molecule has 1 saturated heterocycles. The second-order valence-corrected chi connectivity index (χ2v) is 10.2. The first kappa shape index (κ1) is 31.3. The number of benzene rings is 1. The molecule has 0 bridgehead atoms. The van der Waals surface area contributed by atoms with Gasteiger partial charge in [-0.05, 0) is 38.7 Å². The van der Waals surface area contributed by atoms with Crippen LogP contribution >= 0.6 is 0 Å². The summed E-state index contributed by atoms with van der Waals surface area (Å²) in [4.78, 5) is 79.7. The Morgan fingerprint density at radius 3 is 2.18 bits per heavy atom. The van der Waals surface area contributed by atoms with Gasteiger partial charge in [0.15, 0.2) is 0 Å². The minimum atomic E-state index is -1.42. The standard InChI is InChI=1S/C27H37N3O9/c1-6-17(2)23(29-26(36)37-16-18-10-8-7-9-11-18)24(34)28-19(12-15-22(33)38-27(3,4)5)25(35)39-30-20(31)13-14-21(30)32/h7-11,17,19,23H,6,12-16H2,1-5H3,(H,28,34)(H,29,36)/t17-,19-,23-/m0/s1. The maximum absolute atomic E-state index is 13.3. The summed E-state index contributed by atoms with van der Waals surface area (Å²) >= 11 is 0. The van der Waals surface area contributed by atoms with E-state index in [0.717, 1.165) is 5.56 Å². The number of carbonyl (C=O) groups excluding carboxylic acids is 6. The van der Waals surface area contributed by atoms with Gasteiger partial charge in [0.25, 0.3) is 11.8 Å². The number of hydrogen-bond donors (Lipinski definition) is 2. The smallest absolute Gasteiger partial charge is 0.408 e. The lowest BCUT2D eigenvalue weighted by atomic mass is 9.98. The van der Waals surface area contributed by atoms with Gasteiger partial charge in [0, 0.05) is 19.3 Å². The summed E-state index contributed by atoms with van der Waals surface area (Å²) in [6, 6.07) is 6.47. The number of carbonyl (C=O) groups is 6. The van der Waals surface area contributed by atoms with Gasteiger partial charge < -0.3 is 24.9 Å². The zero-order valence-electron chi connectivity index (χ0n) is 23.0. The number of amides is 4. The van der Waals surface area contributed by atoms with E-state index in [9.17, 15) is 28.8 Å². The molecule has 3 atom stereocenters. The van der Waals surface area contributed by atoms with E-state index in [1.54, 1.807) is 52.0 Å². The van der Waals surface area contributed by atoms with Crippen molar-refractivity contribution in [2.45, 2.75) is 91.0 Å². The molecule has 1 aromatic rings. The highest BCUT2D eigenvalue weighted by molar-refractivity contribution is 6.02. The third-order valence-corrected chi connectivity index (χ3v) is 5.83. The second-order valence-electron chi connectivity index (χ2n) is 10.2. The quantitative estimate of drug-likeness (QED) is 0.296. The number of hydrogen-bond acceptors (Lipinski definition) is 9. The summed E-state index contributed by atoms with van der Waals surface area (Å²) in [5, 5.41) is 5.38. The summed E-state index contributed by atoms with van der Waals surface area (Å²) in [6.45, 7) is 8.59. The van der Waals surface area contributed by atoms with E-state index in [-0.39, 0.29) is 38.2 Å². The minimum absolute atomic E-state index is 0.00967. The molecular weight excluding hydrogens is 510 g/mol. The van der Waals surface area contributed by atoms with Crippen molar-refractivity contribution in [3.63, 3.8) is 0 Å². The highest BCUT2D eigenvalue weighted by Crippen LogP contribution is 2.16. The lowest BCUT2D eigenvalue weighted by Gasteiger charge is -2.26. The van der Waals surface area contributed by atoms with Gasteiger partial charge in [-0.3, -0.25) is 19.2 Å². The van der Waals surface area contributed by atoms with E-state index in [0.29, 0.717) is 11.5 Å². The third kappa shape index (κ3) is 10.4. The van der Waals surface area contributed by atoms with Crippen molar-refractivity contribution in [1.82, 2.24) is 15.7 Å². The van der Waals surface area contributed by atoms with E-state index in [2.05, 4.69) is 10.6 Å². The second kappa shape index (κ2) is 14.3. The SMILES string of the molecule is CC[C@H](C)[C@H](NC(=O)OCc1ccccc1)C(=O)N[C@@H](CCC(=O)OC(C)(C)C)C(=O)ON1C(=O)CCC1=O. The van der Waals surface area contributed by atoms with Gasteiger partial charge in [0.2, 0.25) is 5.91 Å². The lowest BCUT2D eigenvalue weighted by Crippen LogP contribution is -2.55. The van der Waals surface area contributed by atoms with Gasteiger partial charge in [-0.2, -0.15) is 0 Å². The number of ether oxygens (including phenoxy) is 2. The van der Waals surface area contributed by atoms with E-state index < -0.39 is 53.4 Å². The van der Waals surface area contributed by atoms with E-state index in [4.69, 9.17) is 14.3 Å². The monoisotopic (exact) mass is 547 g/mol. The van der Waals surface area contributed by atoms with Crippen LogP contribution in [0.5, 0.6) is 0 Å². The van der Waals surface area contributed by atoms with Crippen molar-refractivity contribution in [3.05, 3.63) is 35.9 Å². The lowest BCUT2D eigenvalue weighted by molar-refractivity contribution is -0.199. The molecule has 12 nitrogen and oxygen atoms in total. The maximum Gasteiger partial charge on any atom is 0.408 e. The van der Waals surface area contributed by atoms with Gasteiger partial charge >= 0.3 is 18.0 Å². The summed E-state index contributed by atoms with van der Waals surface area (Å²) in [6.07, 6.45) is -1.04. The van der Waals surface area contributed by atoms with Crippen molar-refractivity contribution in [2.75, 3.05) is 0 Å². The number of esters is 1. The fourth-order valence-electron chi connectivity index (χ4n) is 3.57. The summed E-state index contributed by atoms with van der Waals surface area (Å²) in [7, 11) is 0. The average Bonchev–Trinajstić information content (AvgIpc) is 3.19. The van der Waals surface area contributed by atoms with E-state index in [1.165, 1.54) is 0 Å². The first-order chi connectivity index (χ1) is 18.3. The van der Waals surface area contributed by atoms with Crippen molar-refractivity contribution in [1.29, 1.82) is 0 Å². The summed E-state index contributed by atoms with van der Waals surface area (Å²) in [5.74, 6) is -4.20. The molecule has 1 aliphatic rings. The van der Waals surface area contributed by atoms with Gasteiger partial charge in [-0.15, -0.1) is 5.06 Å². The molecule has 0 radical (unpaired) electrons. The molecule has 1 aromatic carbocycles. The van der Waals surface area contributed by atoms with Crippen LogP contribution in [0.2, 0.25) is 0 Å². The molecule has 1 heterocycles. The maximum atomic E-state index is 13.3. The molecule has 0 aromatic heterocycles. The van der Waals surface area contributed by atoms with Gasteiger partial charge in [0.05, 0.1) is 0 Å². The van der Waals surface area contributed by atoms with Crippen LogP contribution in [0.3, 0.4) is 0 Å². The van der Waals surface area contributed by atoms with E-state index in [1.807, 2.05) is 13.0 Å². The normalized spacial score (nSPS) is 15.7. The number of nitrogens with zero attached hydrogens (tertiary/aromatic N) is 1. The number of alkyl carbamates (subject to hydrolysis) is 1. The highest BCUT2D eigenvalue weighted by Gasteiger charge is 2.37. The zero-order chi connectivity index (χ0) is 29.2. The van der Waals surface area contributed by atoms with Gasteiger partial charge in [-0.1, -0.05) is 50.6 Å². The van der Waals surface area contributed by atoms with Crippen molar-refractivity contribution >= 4 is 35.8 Å². The van der Waals surface area contributed by atoms with Gasteiger partial charge in [-0.25, -0.2) is 9.59 Å². The average molecular weight is 548 g/mol. The predicted molar refractivity (Wildman–Crippen MR) is 137 cm³/mol. The molecule has 0 spiro atoms. The Hall–Kier alpha value is -3.96. The van der Waals surface area contributed by atoms with Gasteiger partial charge in [0.1, 0.15) is 24.3 Å². The Bertz CT molecular complexity index is 1040. The Morgan fingerprint density at radius 2 is 1.62 bits per heavy atom. The predicted octanol–water partition coefficient (Wildman–Crippen LogP) is 2.54. The van der Waals surface area contributed by atoms with Crippen LogP contribution in [0.15, 0.2) is 30.3 Å². The fraction of sp³-hybridized carbons (Fsp3) is 0.556. The topological polar surface area (TPSA) is 157 Å². The molecule has 1 fully saturated rings. The number of rotatable bonds is 12. The Kier molecular flexibility index (Phi) is 11.4. The molecule has 0 aliphatic carbocycles. The van der Waals surface area contributed by atoms with Crippen LogP contribution in [0.25, 0.3) is 0 Å². The van der Waals surface area contributed by atoms with Crippen molar-refractivity contribution in [2.24, 2.45) is 5.92 Å². The molecule has 0 saturated carbocycles. The molecule has 2 N–H and O–H groups in total. The number of nitrogens with one attached hydrogen (secondary N) is 2. The molecule has 0 unspecified atom stereocenters. The Morgan fingerprint density at radius 1 is 1.00 bits per heavy atom. The van der Waals surface area contributed by atoms with Crippen molar-refractivity contribution in [3.8, 4) is 0 Å². The molecule has 2 rings (SSSR count). The van der Waals surface area contributed by atoms with Crippen LogP contribution in [0.4, 0.5) is 4.79 Å². The first-order valence-electron chi connectivity index (χ1n) is 12.9. The number of imide groups is 1. The highest BCUT2D eigenvalue weighted by atomic mass is 16.7. The molecule has 4 amide bonds. The van der Waals surface area contributed by atoms with Crippen molar-refractivity contribution < 1.29 is 43.1 Å². The van der Waals surface area contributed by atoms with Crippen LogP contribution in [-0.4, -0.2) is 58.5 Å². The molecule has 214 valence electrons. The fourth-order valence-corrected chi connectivity index (χ4v) is 3.57. The Labute approximate surface area is 227 Å². The van der Waals surface area contributed by atoms with Crippen LogP contribution in [-0.2, 0) is 44.9 Å². The van der Waals surface area contributed by atoms with Crippen LogP contribution in [0, 0.1) is 5.92 Å². The Balaban J connectivity index is 2.12. The third-order valence-electron chi connectivity index (χ3n) is 5.83. The summed E-state index contributed by atoms with van der Waals surface area (Å²) in [5.41, 5.74) is -0.00990. The first-order valence-corrected chi connectivity index (χ1v) is 12.9. The van der Waals surface area contributed by atoms with Crippen LogP contribution < -0.4 is 10.6 Å². The zero-order valence-corrected chi connectivity index (χ0v) is 23.0. The van der Waals surface area contributed by atoms with Crippen LogP contribution in [0.1, 0.15) is 72.3 Å². The molecule has 39 heavy (non-hydrogen) atoms.